The van der Waals surface area contributed by atoms with E-state index in [9.17, 15) is 14.4 Å². The first-order valence-electron chi connectivity index (χ1n) is 32.3. The lowest BCUT2D eigenvalue weighted by molar-refractivity contribution is -0.167. The Hall–Kier alpha value is -2.89. The molecule has 0 saturated carbocycles. The summed E-state index contributed by atoms with van der Waals surface area (Å²) < 4.78 is 16.9. The largest absolute Gasteiger partial charge is 0.462 e. The van der Waals surface area contributed by atoms with E-state index in [0.29, 0.717) is 19.3 Å². The summed E-state index contributed by atoms with van der Waals surface area (Å²) in [6, 6.07) is 0. The zero-order chi connectivity index (χ0) is 53.6. The van der Waals surface area contributed by atoms with Crippen molar-refractivity contribution < 1.29 is 28.6 Å². The average molecular weight is 1040 g/mol. The van der Waals surface area contributed by atoms with Gasteiger partial charge in [-0.2, -0.15) is 0 Å². The number of hydrogen-bond donors (Lipinski definition) is 0. The number of rotatable bonds is 59. The van der Waals surface area contributed by atoms with E-state index in [1.807, 2.05) is 0 Å². The van der Waals surface area contributed by atoms with Crippen molar-refractivity contribution >= 4 is 17.9 Å². The molecule has 74 heavy (non-hydrogen) atoms. The Morgan fingerprint density at radius 2 is 0.486 bits per heavy atom. The predicted octanol–water partition coefficient (Wildman–Crippen LogP) is 21.9. The second-order valence-electron chi connectivity index (χ2n) is 21.7. The van der Waals surface area contributed by atoms with Crippen LogP contribution < -0.4 is 0 Å². The highest BCUT2D eigenvalue weighted by molar-refractivity contribution is 5.71. The zero-order valence-corrected chi connectivity index (χ0v) is 49.4. The molecule has 0 aliphatic heterocycles. The van der Waals surface area contributed by atoms with Gasteiger partial charge in [0.05, 0.1) is 0 Å². The highest BCUT2D eigenvalue weighted by Crippen LogP contribution is 2.17. The summed E-state index contributed by atoms with van der Waals surface area (Å²) in [4.78, 5) is 38.3. The number of allylic oxidation sites excluding steroid dienone is 10. The van der Waals surface area contributed by atoms with E-state index in [1.165, 1.54) is 199 Å². The normalized spacial score (nSPS) is 12.4. The monoisotopic (exact) mass is 1030 g/mol. The molecule has 0 fully saturated rings. The van der Waals surface area contributed by atoms with Gasteiger partial charge in [-0.25, -0.2) is 0 Å². The van der Waals surface area contributed by atoms with Crippen LogP contribution in [0.3, 0.4) is 0 Å². The van der Waals surface area contributed by atoms with Crippen LogP contribution >= 0.6 is 0 Å². The van der Waals surface area contributed by atoms with Crippen molar-refractivity contribution in [3.8, 4) is 0 Å². The molecule has 6 nitrogen and oxygen atoms in total. The molecule has 0 aromatic heterocycles. The molecule has 1 unspecified atom stereocenters. The van der Waals surface area contributed by atoms with Gasteiger partial charge in [-0.15, -0.1) is 0 Å². The maximum atomic E-state index is 12.9. The summed E-state index contributed by atoms with van der Waals surface area (Å²) in [6.45, 7) is 6.64. The Labute approximate surface area is 460 Å². The molecular formula is C68H122O6. The molecule has 0 spiro atoms. The number of esters is 3. The SMILES string of the molecule is CCCCCC/C=C\C/C=C\CCCCCCCC(=O)OC(COC(=O)CCCCCCCCCCCC/C=C\C/C=C\C/C=C\CCCCCCC)COC(=O)CCCCCCCCCCCCCCCCC. The molecule has 0 aliphatic rings. The first kappa shape index (κ1) is 71.1. The van der Waals surface area contributed by atoms with Crippen LogP contribution in [0.5, 0.6) is 0 Å². The van der Waals surface area contributed by atoms with Crippen LogP contribution in [-0.4, -0.2) is 37.2 Å². The minimum atomic E-state index is -0.782. The molecule has 6 heteroatoms. The van der Waals surface area contributed by atoms with Gasteiger partial charge in [0.2, 0.25) is 0 Å². The van der Waals surface area contributed by atoms with E-state index in [4.69, 9.17) is 14.2 Å². The standard InChI is InChI=1S/C68H122O6/c1-4-7-10-13-16-19-22-25-28-30-31-32-33-34-35-36-37-38-41-43-46-49-52-55-58-61-67(70)73-64-65(63-72-66(69)60-57-54-51-48-45-42-39-27-24-21-18-15-12-9-6-3)74-68(71)62-59-56-53-50-47-44-40-29-26-23-20-17-14-11-8-5-2/h20,22-23,25,29-31,33-34,40,65H,4-19,21,24,26-28,32,35-39,41-64H2,1-3H3/b23-20-,25-22-,31-30-,34-33-,40-29-. The number of ether oxygens (including phenoxy) is 3. The number of carbonyl (C=O) groups is 3. The predicted molar refractivity (Wildman–Crippen MR) is 321 cm³/mol. The molecule has 0 aliphatic carbocycles. The van der Waals surface area contributed by atoms with Gasteiger partial charge in [0, 0.05) is 19.3 Å². The third-order valence-corrected chi connectivity index (χ3v) is 14.2. The first-order chi connectivity index (χ1) is 36.5. The van der Waals surface area contributed by atoms with Gasteiger partial charge in [-0.1, -0.05) is 287 Å². The fourth-order valence-electron chi connectivity index (χ4n) is 9.36. The second-order valence-corrected chi connectivity index (χ2v) is 21.7. The van der Waals surface area contributed by atoms with Gasteiger partial charge in [-0.05, 0) is 89.9 Å². The fraction of sp³-hybridized carbons (Fsp3) is 0.809. The van der Waals surface area contributed by atoms with E-state index in [1.54, 1.807) is 0 Å². The maximum Gasteiger partial charge on any atom is 0.306 e. The number of hydrogen-bond acceptors (Lipinski definition) is 6. The second kappa shape index (κ2) is 62.6. The number of carbonyl (C=O) groups excluding carboxylic acids is 3. The van der Waals surface area contributed by atoms with E-state index in [-0.39, 0.29) is 31.1 Å². The summed E-state index contributed by atoms with van der Waals surface area (Å²) in [5.41, 5.74) is 0. The number of unbranched alkanes of at least 4 members (excludes halogenated alkanes) is 38. The Morgan fingerprint density at radius 3 is 0.770 bits per heavy atom. The summed E-state index contributed by atoms with van der Waals surface area (Å²) in [5.74, 6) is -0.878. The van der Waals surface area contributed by atoms with Crippen LogP contribution in [0.4, 0.5) is 0 Å². The highest BCUT2D eigenvalue weighted by Gasteiger charge is 2.19. The Bertz CT molecular complexity index is 1330. The van der Waals surface area contributed by atoms with Gasteiger partial charge < -0.3 is 14.2 Å². The van der Waals surface area contributed by atoms with Crippen LogP contribution in [0.2, 0.25) is 0 Å². The lowest BCUT2D eigenvalue weighted by Gasteiger charge is -2.18. The van der Waals surface area contributed by atoms with Crippen molar-refractivity contribution in [2.45, 2.75) is 341 Å². The molecule has 0 aromatic carbocycles. The minimum absolute atomic E-state index is 0.0778. The van der Waals surface area contributed by atoms with Gasteiger partial charge in [0.25, 0.3) is 0 Å². The van der Waals surface area contributed by atoms with E-state index in [0.717, 1.165) is 96.3 Å². The minimum Gasteiger partial charge on any atom is -0.462 e. The average Bonchev–Trinajstić information content (AvgIpc) is 3.40. The fourth-order valence-corrected chi connectivity index (χ4v) is 9.36. The molecule has 0 saturated heterocycles. The van der Waals surface area contributed by atoms with Gasteiger partial charge in [0.15, 0.2) is 6.10 Å². The van der Waals surface area contributed by atoms with Crippen molar-refractivity contribution in [1.29, 1.82) is 0 Å². The summed E-state index contributed by atoms with van der Waals surface area (Å²) in [6.07, 6.45) is 79.3. The van der Waals surface area contributed by atoms with Gasteiger partial charge in [0.1, 0.15) is 13.2 Å². The molecule has 0 bridgehead atoms. The summed E-state index contributed by atoms with van der Waals surface area (Å²) in [5, 5.41) is 0. The van der Waals surface area contributed by atoms with Crippen molar-refractivity contribution in [2.75, 3.05) is 13.2 Å². The van der Waals surface area contributed by atoms with Crippen LogP contribution in [-0.2, 0) is 28.6 Å². The first-order valence-corrected chi connectivity index (χ1v) is 32.3. The van der Waals surface area contributed by atoms with E-state index < -0.39 is 6.10 Å². The Balaban J connectivity index is 4.32. The van der Waals surface area contributed by atoms with Crippen LogP contribution in [0.1, 0.15) is 335 Å². The van der Waals surface area contributed by atoms with Gasteiger partial charge in [-0.3, -0.25) is 14.4 Å². The smallest absolute Gasteiger partial charge is 0.306 e. The molecule has 430 valence electrons. The molecule has 0 rings (SSSR count). The van der Waals surface area contributed by atoms with Crippen LogP contribution in [0.25, 0.3) is 0 Å². The van der Waals surface area contributed by atoms with E-state index >= 15 is 0 Å². The quantitative estimate of drug-likeness (QED) is 0.0261. The molecule has 0 amide bonds. The lowest BCUT2D eigenvalue weighted by atomic mass is 10.0. The molecule has 0 radical (unpaired) electrons. The molecule has 0 N–H and O–H groups in total. The van der Waals surface area contributed by atoms with Crippen LogP contribution in [0.15, 0.2) is 60.8 Å². The van der Waals surface area contributed by atoms with Crippen molar-refractivity contribution in [3.63, 3.8) is 0 Å². The third kappa shape index (κ3) is 60.0. The Morgan fingerprint density at radius 1 is 0.270 bits per heavy atom. The summed E-state index contributed by atoms with van der Waals surface area (Å²) in [7, 11) is 0. The van der Waals surface area contributed by atoms with E-state index in [2.05, 4.69) is 81.5 Å². The molecule has 1 atom stereocenters. The zero-order valence-electron chi connectivity index (χ0n) is 49.4. The Kier molecular flexibility index (Phi) is 60.2. The highest BCUT2D eigenvalue weighted by atomic mass is 16.6. The molecule has 0 heterocycles. The topological polar surface area (TPSA) is 78.9 Å². The molecule has 0 aromatic rings. The maximum absolute atomic E-state index is 12.9. The lowest BCUT2D eigenvalue weighted by Crippen LogP contribution is -2.30. The molecular weight excluding hydrogens is 913 g/mol. The summed E-state index contributed by atoms with van der Waals surface area (Å²) >= 11 is 0. The van der Waals surface area contributed by atoms with Crippen molar-refractivity contribution in [3.05, 3.63) is 60.8 Å². The van der Waals surface area contributed by atoms with Crippen molar-refractivity contribution in [2.24, 2.45) is 0 Å². The third-order valence-electron chi connectivity index (χ3n) is 14.2. The van der Waals surface area contributed by atoms with Crippen LogP contribution in [0, 0.1) is 0 Å². The van der Waals surface area contributed by atoms with Gasteiger partial charge >= 0.3 is 17.9 Å². The van der Waals surface area contributed by atoms with Crippen molar-refractivity contribution in [1.82, 2.24) is 0 Å².